The normalized spacial score (nSPS) is 13.0. The van der Waals surface area contributed by atoms with Gasteiger partial charge < -0.3 is 16.4 Å². The third-order valence-electron chi connectivity index (χ3n) is 5.88. The van der Waals surface area contributed by atoms with E-state index in [-0.39, 0.29) is 12.3 Å². The molecule has 6 heteroatoms. The zero-order valence-electron chi connectivity index (χ0n) is 20.7. The van der Waals surface area contributed by atoms with E-state index in [4.69, 9.17) is 5.73 Å². The molecule has 4 nitrogen and oxygen atoms in total. The van der Waals surface area contributed by atoms with Gasteiger partial charge in [0.2, 0.25) is 5.91 Å². The average molecular weight is 480 g/mol. The lowest BCUT2D eigenvalue weighted by Crippen LogP contribution is -2.52. The Labute approximate surface area is 206 Å². The maximum atomic E-state index is 13.7. The molecule has 0 aliphatic heterocycles. The van der Waals surface area contributed by atoms with E-state index >= 15 is 0 Å². The summed E-state index contributed by atoms with van der Waals surface area (Å²) in [4.78, 5) is 11.8. The first-order valence-corrected chi connectivity index (χ1v) is 12.1. The first kappa shape index (κ1) is 26.5. The Hall–Kier alpha value is -3.09. The Morgan fingerprint density at radius 2 is 1.60 bits per heavy atom. The van der Waals surface area contributed by atoms with Crippen molar-refractivity contribution in [1.29, 1.82) is 0 Å². The van der Waals surface area contributed by atoms with Crippen LogP contribution >= 0.6 is 0 Å². The van der Waals surface area contributed by atoms with E-state index in [1.54, 1.807) is 0 Å². The lowest BCUT2D eigenvalue weighted by atomic mass is 9.94. The summed E-state index contributed by atoms with van der Waals surface area (Å²) >= 11 is 0. The van der Waals surface area contributed by atoms with Crippen LogP contribution < -0.4 is 16.4 Å². The van der Waals surface area contributed by atoms with Gasteiger partial charge in [-0.2, -0.15) is 0 Å². The van der Waals surface area contributed by atoms with Crippen LogP contribution in [0.4, 0.5) is 8.78 Å². The summed E-state index contributed by atoms with van der Waals surface area (Å²) in [6.07, 6.45) is 1.23. The number of hydrogen-bond donors (Lipinski definition) is 3. The number of nitrogens with one attached hydrogen (secondary N) is 2. The number of amides is 1. The molecule has 0 spiro atoms. The van der Waals surface area contributed by atoms with Crippen molar-refractivity contribution in [1.82, 2.24) is 10.6 Å². The van der Waals surface area contributed by atoms with Gasteiger partial charge in [-0.25, -0.2) is 8.78 Å². The van der Waals surface area contributed by atoms with E-state index < -0.39 is 23.7 Å². The molecule has 0 radical (unpaired) electrons. The van der Waals surface area contributed by atoms with Crippen LogP contribution in [-0.4, -0.2) is 24.5 Å². The van der Waals surface area contributed by atoms with Crippen LogP contribution in [0, 0.1) is 17.6 Å². The summed E-state index contributed by atoms with van der Waals surface area (Å²) < 4.78 is 27.3. The summed E-state index contributed by atoms with van der Waals surface area (Å²) in [6.45, 7) is 6.84. The van der Waals surface area contributed by atoms with Crippen molar-refractivity contribution < 1.29 is 13.6 Å². The predicted molar refractivity (Wildman–Crippen MR) is 138 cm³/mol. The van der Waals surface area contributed by atoms with Crippen molar-refractivity contribution in [3.63, 3.8) is 0 Å². The molecule has 3 aromatic rings. The van der Waals surface area contributed by atoms with Gasteiger partial charge >= 0.3 is 0 Å². The summed E-state index contributed by atoms with van der Waals surface area (Å²) in [7, 11) is 0. The molecule has 0 unspecified atom stereocenters. The Bertz CT molecular complexity index is 1100. The van der Waals surface area contributed by atoms with E-state index in [9.17, 15) is 13.6 Å². The van der Waals surface area contributed by atoms with E-state index in [1.165, 1.54) is 30.2 Å². The van der Waals surface area contributed by atoms with Gasteiger partial charge in [0.25, 0.3) is 0 Å². The first-order valence-electron chi connectivity index (χ1n) is 12.1. The van der Waals surface area contributed by atoms with Gasteiger partial charge in [-0.3, -0.25) is 4.79 Å². The SMILES string of the molecule is CC(=O)N[C@@H](Cc1cc(F)cc(F)c1)[C@H](N)CNCc1cc(CC(C)C)ccc1-c1ccccc1. The number of benzene rings is 3. The molecule has 186 valence electrons. The van der Waals surface area contributed by atoms with Crippen molar-refractivity contribution in [3.05, 3.63) is 95.1 Å². The van der Waals surface area contributed by atoms with Gasteiger partial charge in [0, 0.05) is 38.2 Å². The second-order valence-electron chi connectivity index (χ2n) is 9.54. The molecule has 0 saturated carbocycles. The molecule has 0 fully saturated rings. The monoisotopic (exact) mass is 479 g/mol. The largest absolute Gasteiger partial charge is 0.352 e. The van der Waals surface area contributed by atoms with Crippen LogP contribution in [0.25, 0.3) is 11.1 Å². The van der Waals surface area contributed by atoms with Crippen molar-refractivity contribution in [2.24, 2.45) is 11.7 Å². The molecule has 3 rings (SSSR count). The minimum Gasteiger partial charge on any atom is -0.352 e. The highest BCUT2D eigenvalue weighted by Gasteiger charge is 2.20. The van der Waals surface area contributed by atoms with Gasteiger partial charge in [0.1, 0.15) is 11.6 Å². The van der Waals surface area contributed by atoms with Crippen LogP contribution in [0.3, 0.4) is 0 Å². The van der Waals surface area contributed by atoms with E-state index in [0.717, 1.165) is 23.6 Å². The number of nitrogens with two attached hydrogens (primary N) is 1. The third-order valence-corrected chi connectivity index (χ3v) is 5.88. The third kappa shape index (κ3) is 8.26. The average Bonchev–Trinajstić information content (AvgIpc) is 2.78. The molecule has 0 aliphatic rings. The number of rotatable bonds is 11. The van der Waals surface area contributed by atoms with Crippen LogP contribution in [0.1, 0.15) is 37.5 Å². The lowest BCUT2D eigenvalue weighted by molar-refractivity contribution is -0.119. The number of carbonyl (C=O) groups excluding carboxylic acids is 1. The van der Waals surface area contributed by atoms with Gasteiger partial charge in [-0.15, -0.1) is 0 Å². The lowest BCUT2D eigenvalue weighted by Gasteiger charge is -2.25. The second-order valence-corrected chi connectivity index (χ2v) is 9.54. The Morgan fingerprint density at radius 3 is 2.23 bits per heavy atom. The number of halogens is 2. The van der Waals surface area contributed by atoms with Gasteiger partial charge in [-0.1, -0.05) is 62.4 Å². The summed E-state index contributed by atoms with van der Waals surface area (Å²) in [5.41, 5.74) is 11.6. The maximum absolute atomic E-state index is 13.7. The number of hydrogen-bond acceptors (Lipinski definition) is 3. The van der Waals surface area contributed by atoms with E-state index in [2.05, 4.69) is 54.8 Å². The quantitative estimate of drug-likeness (QED) is 0.363. The predicted octanol–water partition coefficient (Wildman–Crippen LogP) is 4.99. The zero-order valence-corrected chi connectivity index (χ0v) is 20.7. The minimum absolute atomic E-state index is 0.232. The fourth-order valence-electron chi connectivity index (χ4n) is 4.36. The van der Waals surface area contributed by atoms with Crippen LogP contribution in [0.5, 0.6) is 0 Å². The molecule has 2 atom stereocenters. The van der Waals surface area contributed by atoms with Crippen molar-refractivity contribution >= 4 is 5.91 Å². The van der Waals surface area contributed by atoms with Gasteiger partial charge in [-0.05, 0) is 58.7 Å². The number of carbonyl (C=O) groups is 1. The molecular formula is C29H35F2N3O. The second kappa shape index (κ2) is 12.6. The smallest absolute Gasteiger partial charge is 0.217 e. The standard InChI is InChI=1S/C29H35F2N3O/c1-19(2)11-21-9-10-27(23-7-5-4-6-8-23)24(12-21)17-33-18-28(32)29(34-20(3)35)15-22-13-25(30)16-26(31)14-22/h4-10,12-14,16,19,28-29,33H,11,15,17-18,32H2,1-3H3,(H,34,35)/t28-,29+/m1/s1. The molecule has 4 N–H and O–H groups in total. The van der Waals surface area contributed by atoms with E-state index in [0.29, 0.717) is 24.6 Å². The zero-order chi connectivity index (χ0) is 25.4. The van der Waals surface area contributed by atoms with Crippen LogP contribution in [-0.2, 0) is 24.2 Å². The van der Waals surface area contributed by atoms with E-state index in [1.807, 2.05) is 18.2 Å². The maximum Gasteiger partial charge on any atom is 0.217 e. The topological polar surface area (TPSA) is 67.2 Å². The molecule has 35 heavy (non-hydrogen) atoms. The molecule has 0 aromatic heterocycles. The first-order chi connectivity index (χ1) is 16.7. The van der Waals surface area contributed by atoms with Crippen LogP contribution in [0.15, 0.2) is 66.7 Å². The molecular weight excluding hydrogens is 444 g/mol. The van der Waals surface area contributed by atoms with Crippen molar-refractivity contribution in [3.8, 4) is 11.1 Å². The summed E-state index contributed by atoms with van der Waals surface area (Å²) in [5, 5.41) is 6.26. The summed E-state index contributed by atoms with van der Waals surface area (Å²) in [5.74, 6) is -0.987. The minimum atomic E-state index is -0.650. The van der Waals surface area contributed by atoms with Crippen molar-refractivity contribution in [2.75, 3.05) is 6.54 Å². The molecule has 0 bridgehead atoms. The molecule has 1 amide bonds. The fourth-order valence-corrected chi connectivity index (χ4v) is 4.36. The van der Waals surface area contributed by atoms with Gasteiger partial charge in [0.15, 0.2) is 0 Å². The highest BCUT2D eigenvalue weighted by atomic mass is 19.1. The highest BCUT2D eigenvalue weighted by Crippen LogP contribution is 2.26. The Balaban J connectivity index is 1.73. The van der Waals surface area contributed by atoms with Crippen molar-refractivity contribution in [2.45, 2.75) is 52.2 Å². The molecule has 0 saturated heterocycles. The molecule has 0 aliphatic carbocycles. The summed E-state index contributed by atoms with van der Waals surface area (Å²) in [6, 6.07) is 19.3. The van der Waals surface area contributed by atoms with Crippen LogP contribution in [0.2, 0.25) is 0 Å². The fraction of sp³-hybridized carbons (Fsp3) is 0.345. The highest BCUT2D eigenvalue weighted by molar-refractivity contribution is 5.73. The Kier molecular flexibility index (Phi) is 9.52. The molecule has 3 aromatic carbocycles. The Morgan fingerprint density at radius 1 is 0.914 bits per heavy atom. The molecule has 0 heterocycles. The van der Waals surface area contributed by atoms with Gasteiger partial charge in [0.05, 0.1) is 0 Å².